The molecule has 1 heterocycles. The van der Waals surface area contributed by atoms with Crippen LogP contribution in [-0.4, -0.2) is 10.5 Å². The molecule has 0 amide bonds. The fourth-order valence-corrected chi connectivity index (χ4v) is 1.89. The van der Waals surface area contributed by atoms with Crippen molar-refractivity contribution >= 4 is 15.9 Å². The summed E-state index contributed by atoms with van der Waals surface area (Å²) in [5, 5.41) is 3.35. The Bertz CT molecular complexity index is 588. The second kappa shape index (κ2) is 5.97. The van der Waals surface area contributed by atoms with Gasteiger partial charge in [-0.3, -0.25) is 0 Å². The number of rotatable bonds is 4. The maximum Gasteiger partial charge on any atom is 0.399 e. The van der Waals surface area contributed by atoms with Crippen molar-refractivity contribution in [1.29, 1.82) is 0 Å². The lowest BCUT2D eigenvalue weighted by atomic mass is 10.1. The van der Waals surface area contributed by atoms with Crippen molar-refractivity contribution in [3.05, 3.63) is 40.2 Å². The summed E-state index contributed by atoms with van der Waals surface area (Å²) in [7, 11) is 0. The molecule has 0 aliphatic rings. The molecular formula is C15H19BrN2O2. The molecule has 0 unspecified atom stereocenters. The minimum absolute atomic E-state index is 0.0425. The van der Waals surface area contributed by atoms with Gasteiger partial charge in [0.25, 0.3) is 0 Å². The van der Waals surface area contributed by atoms with Crippen molar-refractivity contribution in [1.82, 2.24) is 10.3 Å². The first-order valence-corrected chi connectivity index (χ1v) is 7.26. The van der Waals surface area contributed by atoms with Crippen molar-refractivity contribution in [2.24, 2.45) is 0 Å². The van der Waals surface area contributed by atoms with Crippen LogP contribution in [0.4, 0.5) is 0 Å². The Hall–Kier alpha value is -1.33. The summed E-state index contributed by atoms with van der Waals surface area (Å²) in [6.07, 6.45) is 1.87. The number of oxazole rings is 1. The fraction of sp³-hybridized carbons (Fsp3) is 0.400. The van der Waals surface area contributed by atoms with Gasteiger partial charge in [0, 0.05) is 16.6 Å². The number of hydrogen-bond donors (Lipinski definition) is 1. The predicted octanol–water partition coefficient (Wildman–Crippen LogP) is 4.43. The summed E-state index contributed by atoms with van der Waals surface area (Å²) in [5.74, 6) is 0.733. The zero-order valence-corrected chi connectivity index (χ0v) is 13.7. The Kier molecular flexibility index (Phi) is 4.50. The van der Waals surface area contributed by atoms with Gasteiger partial charge in [-0.1, -0.05) is 22.0 Å². The topological polar surface area (TPSA) is 47.3 Å². The molecule has 2 aromatic rings. The Labute approximate surface area is 127 Å². The number of aryl methyl sites for hydroxylation is 1. The van der Waals surface area contributed by atoms with Gasteiger partial charge in [0.15, 0.2) is 0 Å². The zero-order valence-electron chi connectivity index (χ0n) is 12.2. The lowest BCUT2D eigenvalue weighted by Crippen LogP contribution is -2.35. The van der Waals surface area contributed by atoms with E-state index in [0.29, 0.717) is 6.54 Å². The summed E-state index contributed by atoms with van der Waals surface area (Å²) in [6.45, 7) is 8.95. The van der Waals surface area contributed by atoms with Gasteiger partial charge in [0.1, 0.15) is 12.0 Å². The van der Waals surface area contributed by atoms with Gasteiger partial charge in [-0.25, -0.2) is 0 Å². The van der Waals surface area contributed by atoms with Crippen LogP contribution in [0.25, 0.3) is 0 Å². The van der Waals surface area contributed by atoms with E-state index in [4.69, 9.17) is 9.15 Å². The molecule has 0 saturated carbocycles. The van der Waals surface area contributed by atoms with Crippen molar-refractivity contribution < 1.29 is 9.15 Å². The molecular weight excluding hydrogens is 320 g/mol. The van der Waals surface area contributed by atoms with Gasteiger partial charge in [-0.15, -0.1) is 0 Å². The van der Waals surface area contributed by atoms with Gasteiger partial charge in [-0.2, -0.15) is 4.98 Å². The Balaban J connectivity index is 2.04. The summed E-state index contributed by atoms with van der Waals surface area (Å²) in [5.41, 5.74) is 1.89. The molecule has 1 aromatic carbocycles. The van der Waals surface area contributed by atoms with E-state index in [1.807, 2.05) is 25.1 Å². The normalized spacial score (nSPS) is 11.7. The standard InChI is InChI=1S/C15H19BrN2O2/c1-10-5-6-11(16)7-13(10)20-14-18-12(9-19-14)8-17-15(2,3)4/h5-7,9,17H,8H2,1-4H3. The summed E-state index contributed by atoms with van der Waals surface area (Å²) in [4.78, 5) is 4.31. The van der Waals surface area contributed by atoms with Crippen LogP contribution >= 0.6 is 15.9 Å². The second-order valence-electron chi connectivity index (χ2n) is 5.72. The number of ether oxygens (including phenoxy) is 1. The summed E-state index contributed by atoms with van der Waals surface area (Å²) >= 11 is 3.42. The predicted molar refractivity (Wildman–Crippen MR) is 82.0 cm³/mol. The monoisotopic (exact) mass is 338 g/mol. The van der Waals surface area contributed by atoms with Crippen molar-refractivity contribution in [3.8, 4) is 11.8 Å². The third-order valence-corrected chi connectivity index (χ3v) is 3.17. The van der Waals surface area contributed by atoms with Crippen LogP contribution in [0.15, 0.2) is 33.4 Å². The molecule has 0 radical (unpaired) electrons. The Morgan fingerprint density at radius 3 is 2.80 bits per heavy atom. The van der Waals surface area contributed by atoms with Crippen LogP contribution in [0, 0.1) is 6.92 Å². The molecule has 0 aliphatic carbocycles. The lowest BCUT2D eigenvalue weighted by molar-refractivity contribution is 0.329. The highest BCUT2D eigenvalue weighted by atomic mass is 79.9. The van der Waals surface area contributed by atoms with E-state index in [-0.39, 0.29) is 11.6 Å². The summed E-state index contributed by atoms with van der Waals surface area (Å²) < 4.78 is 12.0. The molecule has 0 saturated heterocycles. The second-order valence-corrected chi connectivity index (χ2v) is 6.64. The van der Waals surface area contributed by atoms with Gasteiger partial charge >= 0.3 is 6.08 Å². The smallest absolute Gasteiger partial charge is 0.399 e. The van der Waals surface area contributed by atoms with Crippen LogP contribution in [0.2, 0.25) is 0 Å². The van der Waals surface area contributed by atoms with E-state index in [2.05, 4.69) is 47.0 Å². The average Bonchev–Trinajstić information content (AvgIpc) is 2.78. The molecule has 0 fully saturated rings. The molecule has 4 nitrogen and oxygen atoms in total. The molecule has 108 valence electrons. The largest absolute Gasteiger partial charge is 0.417 e. The van der Waals surface area contributed by atoms with Crippen LogP contribution < -0.4 is 10.1 Å². The molecule has 1 aromatic heterocycles. The Morgan fingerprint density at radius 2 is 2.10 bits per heavy atom. The van der Waals surface area contributed by atoms with Gasteiger partial charge in [-0.05, 0) is 45.4 Å². The van der Waals surface area contributed by atoms with Crippen molar-refractivity contribution in [2.45, 2.75) is 39.8 Å². The SMILES string of the molecule is Cc1ccc(Br)cc1Oc1nc(CNC(C)(C)C)co1. The van der Waals surface area contributed by atoms with Gasteiger partial charge < -0.3 is 14.5 Å². The van der Waals surface area contributed by atoms with E-state index in [1.54, 1.807) is 6.26 Å². The van der Waals surface area contributed by atoms with E-state index in [9.17, 15) is 0 Å². The number of halogens is 1. The third kappa shape index (κ3) is 4.35. The number of hydrogen-bond acceptors (Lipinski definition) is 4. The first-order valence-electron chi connectivity index (χ1n) is 6.47. The van der Waals surface area contributed by atoms with E-state index >= 15 is 0 Å². The number of benzene rings is 1. The van der Waals surface area contributed by atoms with Crippen LogP contribution in [-0.2, 0) is 6.54 Å². The van der Waals surface area contributed by atoms with Crippen LogP contribution in [0.1, 0.15) is 32.0 Å². The highest BCUT2D eigenvalue weighted by Gasteiger charge is 2.12. The first kappa shape index (κ1) is 15.1. The molecule has 20 heavy (non-hydrogen) atoms. The molecule has 2 rings (SSSR count). The first-order chi connectivity index (χ1) is 9.33. The van der Waals surface area contributed by atoms with Crippen molar-refractivity contribution in [3.63, 3.8) is 0 Å². The molecule has 0 atom stereocenters. The molecule has 0 spiro atoms. The third-order valence-electron chi connectivity index (χ3n) is 2.68. The highest BCUT2D eigenvalue weighted by molar-refractivity contribution is 9.10. The quantitative estimate of drug-likeness (QED) is 0.895. The van der Waals surface area contributed by atoms with Crippen molar-refractivity contribution in [2.75, 3.05) is 0 Å². The van der Waals surface area contributed by atoms with Crippen LogP contribution in [0.3, 0.4) is 0 Å². The number of nitrogens with zero attached hydrogens (tertiary/aromatic N) is 1. The van der Waals surface area contributed by atoms with E-state index in [1.165, 1.54) is 0 Å². The maximum atomic E-state index is 5.67. The van der Waals surface area contributed by atoms with Gasteiger partial charge in [0.2, 0.25) is 0 Å². The minimum Gasteiger partial charge on any atom is -0.417 e. The molecule has 1 N–H and O–H groups in total. The molecule has 5 heteroatoms. The minimum atomic E-state index is 0.0425. The maximum absolute atomic E-state index is 5.67. The zero-order chi connectivity index (χ0) is 14.8. The molecule has 0 bridgehead atoms. The van der Waals surface area contributed by atoms with E-state index < -0.39 is 0 Å². The number of aromatic nitrogens is 1. The highest BCUT2D eigenvalue weighted by Crippen LogP contribution is 2.27. The average molecular weight is 339 g/mol. The van der Waals surface area contributed by atoms with E-state index in [0.717, 1.165) is 21.5 Å². The van der Waals surface area contributed by atoms with Gasteiger partial charge in [0.05, 0.1) is 5.69 Å². The van der Waals surface area contributed by atoms with Crippen LogP contribution in [0.5, 0.6) is 11.8 Å². The molecule has 0 aliphatic heterocycles. The number of nitrogens with one attached hydrogen (secondary N) is 1. The lowest BCUT2D eigenvalue weighted by Gasteiger charge is -2.19. The Morgan fingerprint density at radius 1 is 1.35 bits per heavy atom. The summed E-state index contributed by atoms with van der Waals surface area (Å²) in [6, 6.07) is 5.84. The fourth-order valence-electron chi connectivity index (χ4n) is 1.55.